The zero-order valence-corrected chi connectivity index (χ0v) is 17.9. The number of hydrogen-bond donors (Lipinski definition) is 2. The molecule has 152 valence electrons. The van der Waals surface area contributed by atoms with Gasteiger partial charge in [0.2, 0.25) is 15.9 Å². The molecule has 0 bridgehead atoms. The molecule has 29 heavy (non-hydrogen) atoms. The van der Waals surface area contributed by atoms with Crippen molar-refractivity contribution in [3.05, 3.63) is 70.7 Å². The van der Waals surface area contributed by atoms with Gasteiger partial charge in [0.25, 0.3) is 0 Å². The molecule has 7 nitrogen and oxygen atoms in total. The molecule has 2 aromatic carbocycles. The highest BCUT2D eigenvalue weighted by Crippen LogP contribution is 2.17. The van der Waals surface area contributed by atoms with E-state index in [1.54, 1.807) is 36.4 Å². The van der Waals surface area contributed by atoms with Crippen molar-refractivity contribution < 1.29 is 13.2 Å². The van der Waals surface area contributed by atoms with Crippen LogP contribution < -0.4 is 10.0 Å². The van der Waals surface area contributed by atoms with Gasteiger partial charge >= 0.3 is 0 Å². The van der Waals surface area contributed by atoms with E-state index in [0.717, 1.165) is 11.3 Å². The zero-order chi connectivity index (χ0) is 20.9. The highest BCUT2D eigenvalue weighted by Gasteiger charge is 2.23. The summed E-state index contributed by atoms with van der Waals surface area (Å²) >= 11 is 7.20. The fourth-order valence-electron chi connectivity index (χ4n) is 2.52. The monoisotopic (exact) mass is 450 g/mol. The Balaban J connectivity index is 1.57. The molecule has 0 aliphatic carbocycles. The first kappa shape index (κ1) is 21.5. The summed E-state index contributed by atoms with van der Waals surface area (Å²) in [4.78, 5) is 12.3. The number of rotatable bonds is 6. The maximum Gasteiger partial charge on any atom is 0.243 e. The molecule has 1 heterocycles. The Bertz CT molecular complexity index is 1040. The lowest BCUT2D eigenvalue weighted by atomic mass is 10.1. The second-order valence-electron chi connectivity index (χ2n) is 6.32. The number of hydrogen-bond acceptors (Lipinski definition) is 6. The predicted octanol–water partition coefficient (Wildman–Crippen LogP) is 2.77. The van der Waals surface area contributed by atoms with Crippen LogP contribution in [0.1, 0.15) is 18.1 Å². The van der Waals surface area contributed by atoms with Crippen molar-refractivity contribution in [2.75, 3.05) is 5.75 Å². The Morgan fingerprint density at radius 2 is 1.83 bits per heavy atom. The lowest BCUT2D eigenvalue weighted by molar-refractivity contribution is -0.120. The Morgan fingerprint density at radius 3 is 2.45 bits per heavy atom. The highest BCUT2D eigenvalue weighted by atomic mass is 35.5. The number of amides is 1. The molecule has 0 fully saturated rings. The van der Waals surface area contributed by atoms with Gasteiger partial charge in [-0.25, -0.2) is 13.1 Å². The summed E-state index contributed by atoms with van der Waals surface area (Å²) in [6.45, 7) is 1.48. The summed E-state index contributed by atoms with van der Waals surface area (Å²) < 4.78 is 26.9. The number of benzene rings is 2. The first-order valence-electron chi connectivity index (χ1n) is 8.70. The Labute approximate surface area is 178 Å². The number of sulfonamides is 1. The molecule has 1 atom stereocenters. The van der Waals surface area contributed by atoms with Gasteiger partial charge in [0.1, 0.15) is 0 Å². The molecule has 0 aromatic heterocycles. The van der Waals surface area contributed by atoms with Crippen molar-refractivity contribution in [1.82, 2.24) is 10.0 Å². The highest BCUT2D eigenvalue weighted by molar-refractivity contribution is 8.14. The van der Waals surface area contributed by atoms with Gasteiger partial charge < -0.3 is 5.32 Å². The van der Waals surface area contributed by atoms with Crippen molar-refractivity contribution in [2.45, 2.75) is 18.7 Å². The lowest BCUT2D eigenvalue weighted by Gasteiger charge is -2.16. The average Bonchev–Trinajstić information content (AvgIpc) is 2.69. The first-order valence-corrected chi connectivity index (χ1v) is 11.7. The standard InChI is InChI=1S/C19H19ClN4O3S2/c1-13(24-29(26,27)12-14-5-3-2-4-6-14)18(25)21-19-23-22-17(11-28-19)15-7-9-16(20)10-8-15/h2-10,13,24H,11-12H2,1H3,(H,21,23,25)/t13-/m0/s1. The molecule has 0 spiro atoms. The molecule has 3 rings (SSSR count). The van der Waals surface area contributed by atoms with Crippen molar-refractivity contribution in [2.24, 2.45) is 10.2 Å². The van der Waals surface area contributed by atoms with Crippen molar-refractivity contribution in [3.8, 4) is 0 Å². The largest absolute Gasteiger partial charge is 0.302 e. The third kappa shape index (κ3) is 6.40. The average molecular weight is 451 g/mol. The van der Waals surface area contributed by atoms with Crippen LogP contribution in [-0.2, 0) is 20.6 Å². The maximum atomic E-state index is 12.3. The zero-order valence-electron chi connectivity index (χ0n) is 15.5. The van der Waals surface area contributed by atoms with Crippen LogP contribution in [0.4, 0.5) is 0 Å². The Kier molecular flexibility index (Phi) is 7.07. The number of thioether (sulfide) groups is 1. The van der Waals surface area contributed by atoms with Crippen molar-refractivity contribution in [1.29, 1.82) is 0 Å². The normalized spacial score (nSPS) is 15.2. The summed E-state index contributed by atoms with van der Waals surface area (Å²) in [5.41, 5.74) is 2.31. The van der Waals surface area contributed by atoms with Crippen LogP contribution in [-0.4, -0.2) is 37.0 Å². The van der Waals surface area contributed by atoms with E-state index in [0.29, 0.717) is 21.5 Å². The number of nitrogens with zero attached hydrogens (tertiary/aromatic N) is 2. The molecular formula is C19H19ClN4O3S2. The minimum absolute atomic E-state index is 0.199. The van der Waals surface area contributed by atoms with Crippen LogP contribution in [0.25, 0.3) is 0 Å². The van der Waals surface area contributed by atoms with E-state index in [9.17, 15) is 13.2 Å². The molecule has 1 aliphatic heterocycles. The fourth-order valence-corrected chi connectivity index (χ4v) is 4.77. The van der Waals surface area contributed by atoms with Crippen molar-refractivity contribution in [3.63, 3.8) is 0 Å². The lowest BCUT2D eigenvalue weighted by Crippen LogP contribution is -2.46. The van der Waals surface area contributed by atoms with Gasteiger partial charge in [-0.15, -0.1) is 5.10 Å². The van der Waals surface area contributed by atoms with E-state index >= 15 is 0 Å². The van der Waals surface area contributed by atoms with Crippen LogP contribution in [0.5, 0.6) is 0 Å². The SMILES string of the molecule is C[C@H](NS(=O)(=O)Cc1ccccc1)C(=O)NC1=NN=C(c2ccc(Cl)cc2)CS1. The molecule has 2 N–H and O–H groups in total. The molecule has 0 radical (unpaired) electrons. The molecule has 1 amide bonds. The minimum Gasteiger partial charge on any atom is -0.302 e. The second-order valence-corrected chi connectivity index (χ2v) is 9.48. The first-order chi connectivity index (χ1) is 13.8. The number of carbonyl (C=O) groups is 1. The van der Waals surface area contributed by atoms with Gasteiger partial charge in [-0.1, -0.05) is 65.8 Å². The van der Waals surface area contributed by atoms with Gasteiger partial charge in [0, 0.05) is 10.8 Å². The third-order valence-corrected chi connectivity index (χ3v) is 6.52. The molecular weight excluding hydrogens is 432 g/mol. The Hall–Kier alpha value is -2.20. The van der Waals surface area contributed by atoms with Gasteiger partial charge in [0.05, 0.1) is 17.5 Å². The third-order valence-electron chi connectivity index (χ3n) is 3.96. The van der Waals surface area contributed by atoms with E-state index in [1.807, 2.05) is 18.2 Å². The van der Waals surface area contributed by atoms with Gasteiger partial charge in [-0.05, 0) is 30.2 Å². The van der Waals surface area contributed by atoms with Crippen LogP contribution in [0, 0.1) is 0 Å². The molecule has 0 saturated heterocycles. The molecule has 2 aromatic rings. The molecule has 1 aliphatic rings. The summed E-state index contributed by atoms with van der Waals surface area (Å²) in [5.74, 6) is -0.178. The van der Waals surface area contributed by atoms with E-state index in [1.165, 1.54) is 18.7 Å². The number of amidine groups is 1. The van der Waals surface area contributed by atoms with E-state index in [4.69, 9.17) is 11.6 Å². The smallest absolute Gasteiger partial charge is 0.243 e. The van der Waals surface area contributed by atoms with Crippen LogP contribution >= 0.6 is 23.4 Å². The van der Waals surface area contributed by atoms with Crippen LogP contribution in [0.15, 0.2) is 64.8 Å². The van der Waals surface area contributed by atoms with E-state index in [2.05, 4.69) is 20.2 Å². The van der Waals surface area contributed by atoms with Gasteiger partial charge in [-0.2, -0.15) is 5.10 Å². The number of halogens is 1. The molecule has 0 unspecified atom stereocenters. The van der Waals surface area contributed by atoms with Crippen LogP contribution in [0.3, 0.4) is 0 Å². The summed E-state index contributed by atoms with van der Waals surface area (Å²) in [6, 6.07) is 15.1. The fraction of sp³-hybridized carbons (Fsp3) is 0.211. The summed E-state index contributed by atoms with van der Waals surface area (Å²) in [7, 11) is -3.66. The van der Waals surface area contributed by atoms with E-state index in [-0.39, 0.29) is 5.75 Å². The minimum atomic E-state index is -3.66. The maximum absolute atomic E-state index is 12.3. The van der Waals surface area contributed by atoms with Crippen LogP contribution in [0.2, 0.25) is 5.02 Å². The van der Waals surface area contributed by atoms with Gasteiger partial charge in [0.15, 0.2) is 5.17 Å². The number of nitrogens with one attached hydrogen (secondary N) is 2. The molecule has 10 heteroatoms. The number of carbonyl (C=O) groups excluding carboxylic acids is 1. The predicted molar refractivity (Wildman–Crippen MR) is 118 cm³/mol. The van der Waals surface area contributed by atoms with E-state index < -0.39 is 22.0 Å². The Morgan fingerprint density at radius 1 is 1.14 bits per heavy atom. The molecule has 0 saturated carbocycles. The quantitative estimate of drug-likeness (QED) is 0.706. The topological polar surface area (TPSA) is 100.0 Å². The van der Waals surface area contributed by atoms with Crippen molar-refractivity contribution >= 4 is 50.2 Å². The summed E-state index contributed by atoms with van der Waals surface area (Å²) in [6.07, 6.45) is 0. The summed E-state index contributed by atoms with van der Waals surface area (Å²) in [5, 5.41) is 11.7. The second kappa shape index (κ2) is 9.53. The van der Waals surface area contributed by atoms with Gasteiger partial charge in [-0.3, -0.25) is 4.79 Å².